The fourth-order valence-corrected chi connectivity index (χ4v) is 1.39. The van der Waals surface area contributed by atoms with Crippen LogP contribution in [0.25, 0.3) is 0 Å². The van der Waals surface area contributed by atoms with Crippen molar-refractivity contribution in [2.24, 2.45) is 5.73 Å². The highest BCUT2D eigenvalue weighted by Gasteiger charge is 2.18. The van der Waals surface area contributed by atoms with E-state index in [-0.39, 0.29) is 17.8 Å². The second-order valence-corrected chi connectivity index (χ2v) is 3.64. The average molecular weight is 270 g/mol. The van der Waals surface area contributed by atoms with Gasteiger partial charge in [-0.1, -0.05) is 0 Å². The van der Waals surface area contributed by atoms with Crippen molar-refractivity contribution >= 4 is 17.6 Å². The predicted molar refractivity (Wildman–Crippen MR) is 66.2 cm³/mol. The summed E-state index contributed by atoms with van der Waals surface area (Å²) in [6, 6.07) is 3.50. The van der Waals surface area contributed by atoms with E-state index in [4.69, 9.17) is 10.5 Å². The Hall–Kier alpha value is -1.99. The zero-order chi connectivity index (χ0) is 14.4. The van der Waals surface area contributed by atoms with Gasteiger partial charge in [-0.25, -0.2) is 9.18 Å². The van der Waals surface area contributed by atoms with Crippen LogP contribution in [0.2, 0.25) is 0 Å². The summed E-state index contributed by atoms with van der Waals surface area (Å²) in [7, 11) is 2.53. The molecule has 1 amide bonds. The van der Waals surface area contributed by atoms with Crippen LogP contribution in [0.1, 0.15) is 10.4 Å². The number of halogens is 1. The molecule has 0 saturated carbocycles. The molecule has 0 aliphatic carbocycles. The van der Waals surface area contributed by atoms with Crippen molar-refractivity contribution in [3.05, 3.63) is 29.6 Å². The van der Waals surface area contributed by atoms with E-state index in [0.29, 0.717) is 0 Å². The molecule has 6 nitrogen and oxygen atoms in total. The Labute approximate surface area is 109 Å². The molecular formula is C12H15FN2O4. The van der Waals surface area contributed by atoms with Gasteiger partial charge < -0.3 is 20.5 Å². The quantitative estimate of drug-likeness (QED) is 0.761. The fraction of sp³-hybridized carbons (Fsp3) is 0.333. The molecule has 104 valence electrons. The van der Waals surface area contributed by atoms with Gasteiger partial charge in [-0.15, -0.1) is 0 Å². The highest BCUT2D eigenvalue weighted by Crippen LogP contribution is 2.17. The Morgan fingerprint density at radius 3 is 2.63 bits per heavy atom. The number of hydrogen-bond donors (Lipinski definition) is 2. The number of rotatable bonds is 5. The molecule has 0 radical (unpaired) electrons. The molecule has 0 aromatic heterocycles. The minimum Gasteiger partial charge on any atom is -0.465 e. The van der Waals surface area contributed by atoms with Crippen LogP contribution in [-0.4, -0.2) is 38.7 Å². The Kier molecular flexibility index (Phi) is 5.40. The smallest absolute Gasteiger partial charge is 0.337 e. The third-order valence-electron chi connectivity index (χ3n) is 2.44. The normalized spacial score (nSPS) is 11.8. The molecule has 1 atom stereocenters. The van der Waals surface area contributed by atoms with Gasteiger partial charge in [0.1, 0.15) is 11.9 Å². The number of benzene rings is 1. The first-order valence-corrected chi connectivity index (χ1v) is 5.45. The lowest BCUT2D eigenvalue weighted by molar-refractivity contribution is -0.125. The summed E-state index contributed by atoms with van der Waals surface area (Å²) in [6.07, 6.45) is -0.888. The molecule has 0 aliphatic rings. The van der Waals surface area contributed by atoms with Gasteiger partial charge in [-0.3, -0.25) is 4.79 Å². The number of carbonyl (C=O) groups is 2. The number of nitrogens with one attached hydrogen (secondary N) is 1. The molecule has 7 heteroatoms. The Morgan fingerprint density at radius 2 is 2.11 bits per heavy atom. The van der Waals surface area contributed by atoms with Crippen LogP contribution >= 0.6 is 0 Å². The van der Waals surface area contributed by atoms with Crippen LogP contribution < -0.4 is 11.1 Å². The monoisotopic (exact) mass is 270 g/mol. The van der Waals surface area contributed by atoms with E-state index in [1.165, 1.54) is 26.4 Å². The maximum absolute atomic E-state index is 13.5. The van der Waals surface area contributed by atoms with Crippen LogP contribution in [0.4, 0.5) is 10.1 Å². The fourth-order valence-electron chi connectivity index (χ4n) is 1.39. The van der Waals surface area contributed by atoms with E-state index in [0.717, 1.165) is 6.07 Å². The van der Waals surface area contributed by atoms with Crippen LogP contribution in [0.5, 0.6) is 0 Å². The Morgan fingerprint density at radius 1 is 1.42 bits per heavy atom. The first kappa shape index (κ1) is 15.1. The number of methoxy groups -OCH3 is 2. The van der Waals surface area contributed by atoms with E-state index in [1.807, 2.05) is 0 Å². The minimum atomic E-state index is -0.888. The molecule has 0 bridgehead atoms. The maximum Gasteiger partial charge on any atom is 0.337 e. The highest BCUT2D eigenvalue weighted by atomic mass is 19.1. The van der Waals surface area contributed by atoms with Gasteiger partial charge in [-0.2, -0.15) is 0 Å². The zero-order valence-electron chi connectivity index (χ0n) is 10.6. The number of esters is 1. The molecular weight excluding hydrogens is 255 g/mol. The molecule has 3 N–H and O–H groups in total. The number of anilines is 1. The number of hydrogen-bond acceptors (Lipinski definition) is 5. The van der Waals surface area contributed by atoms with Crippen LogP contribution in [0, 0.1) is 5.82 Å². The second kappa shape index (κ2) is 6.81. The lowest BCUT2D eigenvalue weighted by Gasteiger charge is -2.14. The lowest BCUT2D eigenvalue weighted by atomic mass is 10.2. The summed E-state index contributed by atoms with van der Waals surface area (Å²) in [5, 5.41) is 2.30. The van der Waals surface area contributed by atoms with Gasteiger partial charge in [0.15, 0.2) is 0 Å². The molecule has 0 heterocycles. The largest absolute Gasteiger partial charge is 0.465 e. The van der Waals surface area contributed by atoms with E-state index in [1.54, 1.807) is 0 Å². The molecule has 0 fully saturated rings. The number of amides is 1. The zero-order valence-corrected chi connectivity index (χ0v) is 10.6. The summed E-state index contributed by atoms with van der Waals surface area (Å²) in [5.74, 6) is -1.89. The number of nitrogens with two attached hydrogens (primary N) is 1. The van der Waals surface area contributed by atoms with Gasteiger partial charge in [0.25, 0.3) is 5.91 Å². The van der Waals surface area contributed by atoms with E-state index in [9.17, 15) is 14.0 Å². The first-order chi connectivity index (χ1) is 9.03. The third kappa shape index (κ3) is 3.73. The standard InChI is InChI=1S/C12H15FN2O4/c1-18-10(6-14)11(16)15-9-5-7(12(17)19-2)3-4-8(9)13/h3-5,10H,6,14H2,1-2H3,(H,15,16). The maximum atomic E-state index is 13.5. The molecule has 19 heavy (non-hydrogen) atoms. The topological polar surface area (TPSA) is 90.7 Å². The van der Waals surface area contributed by atoms with Crippen molar-refractivity contribution in [3.63, 3.8) is 0 Å². The van der Waals surface area contributed by atoms with Gasteiger partial charge in [0.2, 0.25) is 0 Å². The molecule has 1 aromatic carbocycles. The summed E-state index contributed by atoms with van der Waals surface area (Å²) in [5.41, 5.74) is 5.31. The number of carbonyl (C=O) groups excluding carboxylic acids is 2. The predicted octanol–water partition coefficient (Wildman–Crippen LogP) is 0.524. The number of ether oxygens (including phenoxy) is 2. The van der Waals surface area contributed by atoms with Gasteiger partial charge in [0, 0.05) is 13.7 Å². The average Bonchev–Trinajstić information content (AvgIpc) is 2.41. The van der Waals surface area contributed by atoms with Crippen molar-refractivity contribution in [1.82, 2.24) is 0 Å². The summed E-state index contributed by atoms with van der Waals surface area (Å²) in [6.45, 7) is -0.0410. The summed E-state index contributed by atoms with van der Waals surface area (Å²) < 4.78 is 22.9. The third-order valence-corrected chi connectivity index (χ3v) is 2.44. The van der Waals surface area contributed by atoms with Crippen molar-refractivity contribution in [3.8, 4) is 0 Å². The molecule has 0 aliphatic heterocycles. The van der Waals surface area contributed by atoms with Crippen molar-refractivity contribution < 1.29 is 23.5 Å². The second-order valence-electron chi connectivity index (χ2n) is 3.64. The van der Waals surface area contributed by atoms with Crippen molar-refractivity contribution in [1.29, 1.82) is 0 Å². The molecule has 1 aromatic rings. The van der Waals surface area contributed by atoms with Crippen LogP contribution in [0.15, 0.2) is 18.2 Å². The van der Waals surface area contributed by atoms with Gasteiger partial charge >= 0.3 is 5.97 Å². The molecule has 1 unspecified atom stereocenters. The van der Waals surface area contributed by atoms with Crippen LogP contribution in [0.3, 0.4) is 0 Å². The van der Waals surface area contributed by atoms with E-state index < -0.39 is 23.8 Å². The SMILES string of the molecule is COC(=O)c1ccc(F)c(NC(=O)C(CN)OC)c1. The highest BCUT2D eigenvalue weighted by molar-refractivity contribution is 5.96. The summed E-state index contributed by atoms with van der Waals surface area (Å²) >= 11 is 0. The summed E-state index contributed by atoms with van der Waals surface area (Å²) in [4.78, 5) is 23.0. The minimum absolute atomic E-state index is 0.0410. The van der Waals surface area contributed by atoms with E-state index in [2.05, 4.69) is 10.1 Å². The van der Waals surface area contributed by atoms with E-state index >= 15 is 0 Å². The lowest BCUT2D eigenvalue weighted by Crippen LogP contribution is -2.36. The van der Waals surface area contributed by atoms with Crippen molar-refractivity contribution in [2.45, 2.75) is 6.10 Å². The molecule has 0 spiro atoms. The molecule has 0 saturated heterocycles. The Balaban J connectivity index is 2.94. The van der Waals surface area contributed by atoms with Gasteiger partial charge in [-0.05, 0) is 18.2 Å². The van der Waals surface area contributed by atoms with Gasteiger partial charge in [0.05, 0.1) is 18.4 Å². The van der Waals surface area contributed by atoms with Crippen LogP contribution in [-0.2, 0) is 14.3 Å². The Bertz CT molecular complexity index is 475. The molecule has 1 rings (SSSR count). The van der Waals surface area contributed by atoms with Crippen molar-refractivity contribution in [2.75, 3.05) is 26.1 Å². The first-order valence-electron chi connectivity index (χ1n) is 5.45.